The van der Waals surface area contributed by atoms with Crippen molar-refractivity contribution in [3.8, 4) is 0 Å². The third kappa shape index (κ3) is 6.55. The minimum atomic E-state index is 0. The van der Waals surface area contributed by atoms with E-state index in [1.54, 1.807) is 5.56 Å². The molecule has 1 fully saturated rings. The number of benzene rings is 2. The van der Waals surface area contributed by atoms with Gasteiger partial charge in [-0.25, -0.2) is 0 Å². The fourth-order valence-corrected chi connectivity index (χ4v) is 3.87. The van der Waals surface area contributed by atoms with Crippen molar-refractivity contribution in [1.82, 2.24) is 4.90 Å². The van der Waals surface area contributed by atoms with Crippen molar-refractivity contribution in [2.24, 2.45) is 0 Å². The van der Waals surface area contributed by atoms with Gasteiger partial charge in [0.15, 0.2) is 0 Å². The molecule has 0 spiro atoms. The van der Waals surface area contributed by atoms with Crippen LogP contribution in [0.2, 0.25) is 0 Å². The molecular weight excluding hydrogens is 352 g/mol. The first kappa shape index (κ1) is 21.8. The molecule has 148 valence electrons. The Morgan fingerprint density at radius 3 is 2.30 bits per heavy atom. The lowest BCUT2D eigenvalue weighted by atomic mass is 9.98. The van der Waals surface area contributed by atoms with Crippen LogP contribution in [0.15, 0.2) is 48.5 Å². The molecule has 0 atom stereocenters. The van der Waals surface area contributed by atoms with Crippen LogP contribution < -0.4 is 4.90 Å². The number of unbranched alkanes of at least 4 members (excludes halogenated alkanes) is 2. The Morgan fingerprint density at radius 1 is 0.852 bits per heavy atom. The summed E-state index contributed by atoms with van der Waals surface area (Å²) in [7, 11) is 0. The van der Waals surface area contributed by atoms with E-state index in [0.29, 0.717) is 0 Å². The van der Waals surface area contributed by atoms with Gasteiger partial charge in [0.25, 0.3) is 0 Å². The van der Waals surface area contributed by atoms with Crippen molar-refractivity contribution >= 4 is 18.1 Å². The van der Waals surface area contributed by atoms with Crippen LogP contribution in [0.5, 0.6) is 0 Å². The Labute approximate surface area is 172 Å². The van der Waals surface area contributed by atoms with Crippen LogP contribution in [0.4, 0.5) is 5.69 Å². The van der Waals surface area contributed by atoms with Gasteiger partial charge in [-0.15, -0.1) is 12.4 Å². The summed E-state index contributed by atoms with van der Waals surface area (Å²) in [5, 5.41) is 0. The molecule has 2 aromatic rings. The van der Waals surface area contributed by atoms with E-state index in [4.69, 9.17) is 0 Å². The van der Waals surface area contributed by atoms with Gasteiger partial charge < -0.3 is 4.90 Å². The van der Waals surface area contributed by atoms with E-state index in [0.717, 1.165) is 13.1 Å². The van der Waals surface area contributed by atoms with Gasteiger partial charge in [-0.3, -0.25) is 4.90 Å². The highest BCUT2D eigenvalue weighted by Crippen LogP contribution is 2.17. The van der Waals surface area contributed by atoms with Crippen molar-refractivity contribution in [3.05, 3.63) is 65.2 Å². The first-order valence-corrected chi connectivity index (χ1v) is 10.4. The fourth-order valence-electron chi connectivity index (χ4n) is 3.87. The molecule has 0 N–H and O–H groups in total. The molecule has 2 aromatic carbocycles. The Kier molecular flexibility index (Phi) is 9.17. The molecule has 0 aliphatic carbocycles. The highest BCUT2D eigenvalue weighted by molar-refractivity contribution is 5.85. The topological polar surface area (TPSA) is 6.48 Å². The van der Waals surface area contributed by atoms with Gasteiger partial charge in [0.1, 0.15) is 0 Å². The minimum absolute atomic E-state index is 0. The molecule has 3 rings (SSSR count). The zero-order valence-electron chi connectivity index (χ0n) is 17.0. The standard InChI is InChI=1S/C24H34N2.ClH/c1-3-4-6-9-23-20-22(13-12-21(23)2)14-15-25-16-18-26(19-17-25)24-10-7-5-8-11-24;/h5,7-8,10-13,20H,3-4,6,9,14-19H2,1-2H3;1H. The first-order valence-electron chi connectivity index (χ1n) is 10.4. The predicted molar refractivity (Wildman–Crippen MR) is 120 cm³/mol. The quantitative estimate of drug-likeness (QED) is 0.551. The number of rotatable bonds is 8. The summed E-state index contributed by atoms with van der Waals surface area (Å²) >= 11 is 0. The van der Waals surface area contributed by atoms with Gasteiger partial charge in [0.2, 0.25) is 0 Å². The van der Waals surface area contributed by atoms with Gasteiger partial charge in [-0.1, -0.05) is 56.2 Å². The lowest BCUT2D eigenvalue weighted by Gasteiger charge is -2.36. The van der Waals surface area contributed by atoms with Crippen molar-refractivity contribution in [1.29, 1.82) is 0 Å². The average Bonchev–Trinajstić information content (AvgIpc) is 2.69. The zero-order valence-corrected chi connectivity index (χ0v) is 17.8. The molecular formula is C24H35ClN2. The van der Waals surface area contributed by atoms with Crippen LogP contribution >= 0.6 is 12.4 Å². The van der Waals surface area contributed by atoms with Crippen LogP contribution in [0.1, 0.15) is 42.9 Å². The van der Waals surface area contributed by atoms with E-state index in [1.165, 1.54) is 68.6 Å². The number of aryl methyl sites for hydroxylation is 2. The second-order valence-corrected chi connectivity index (χ2v) is 7.63. The molecule has 1 heterocycles. The van der Waals surface area contributed by atoms with Gasteiger partial charge in [-0.05, 0) is 55.0 Å². The summed E-state index contributed by atoms with van der Waals surface area (Å²) in [5.74, 6) is 0. The van der Waals surface area contributed by atoms with Crippen LogP contribution in [-0.4, -0.2) is 37.6 Å². The highest BCUT2D eigenvalue weighted by atomic mass is 35.5. The summed E-state index contributed by atoms with van der Waals surface area (Å²) in [4.78, 5) is 5.13. The van der Waals surface area contributed by atoms with Crippen LogP contribution in [0.25, 0.3) is 0 Å². The summed E-state index contributed by atoms with van der Waals surface area (Å²) < 4.78 is 0. The largest absolute Gasteiger partial charge is 0.369 e. The van der Waals surface area contributed by atoms with Crippen LogP contribution in [-0.2, 0) is 12.8 Å². The number of halogens is 1. The Balaban J connectivity index is 0.00000261. The maximum absolute atomic E-state index is 2.62. The highest BCUT2D eigenvalue weighted by Gasteiger charge is 2.16. The fraction of sp³-hybridized carbons (Fsp3) is 0.500. The van der Waals surface area contributed by atoms with Crippen LogP contribution in [0.3, 0.4) is 0 Å². The van der Waals surface area contributed by atoms with Gasteiger partial charge in [0.05, 0.1) is 0 Å². The molecule has 1 saturated heterocycles. The van der Waals surface area contributed by atoms with E-state index in [1.807, 2.05) is 0 Å². The van der Waals surface area contributed by atoms with Gasteiger partial charge in [0, 0.05) is 38.4 Å². The first-order chi connectivity index (χ1) is 12.8. The minimum Gasteiger partial charge on any atom is -0.369 e. The molecule has 2 nitrogen and oxygen atoms in total. The van der Waals surface area contributed by atoms with Crippen molar-refractivity contribution in [2.75, 3.05) is 37.6 Å². The van der Waals surface area contributed by atoms with E-state index in [9.17, 15) is 0 Å². The molecule has 1 aliphatic rings. The zero-order chi connectivity index (χ0) is 18.2. The molecule has 3 heteroatoms. The lowest BCUT2D eigenvalue weighted by Crippen LogP contribution is -2.46. The number of anilines is 1. The Morgan fingerprint density at radius 2 is 1.59 bits per heavy atom. The molecule has 0 unspecified atom stereocenters. The van der Waals surface area contributed by atoms with Crippen LogP contribution in [0, 0.1) is 6.92 Å². The second-order valence-electron chi connectivity index (χ2n) is 7.63. The van der Waals surface area contributed by atoms with E-state index in [2.05, 4.69) is 72.2 Å². The number of para-hydroxylation sites is 1. The maximum atomic E-state index is 2.62. The lowest BCUT2D eigenvalue weighted by molar-refractivity contribution is 0.261. The summed E-state index contributed by atoms with van der Waals surface area (Å²) in [5.41, 5.74) is 5.89. The van der Waals surface area contributed by atoms with Gasteiger partial charge >= 0.3 is 0 Å². The molecule has 1 aliphatic heterocycles. The number of hydrogen-bond donors (Lipinski definition) is 0. The number of nitrogens with zero attached hydrogens (tertiary/aromatic N) is 2. The molecule has 0 amide bonds. The third-order valence-electron chi connectivity index (χ3n) is 5.67. The molecule has 0 saturated carbocycles. The Hall–Kier alpha value is -1.51. The summed E-state index contributed by atoms with van der Waals surface area (Å²) in [6.45, 7) is 10.3. The average molecular weight is 387 g/mol. The Bertz CT molecular complexity index is 663. The number of hydrogen-bond acceptors (Lipinski definition) is 2. The SMILES string of the molecule is CCCCCc1cc(CCN2CCN(c3ccccc3)CC2)ccc1C.Cl. The maximum Gasteiger partial charge on any atom is 0.0367 e. The molecule has 0 aromatic heterocycles. The number of piperazine rings is 1. The van der Waals surface area contributed by atoms with E-state index >= 15 is 0 Å². The van der Waals surface area contributed by atoms with Crippen molar-refractivity contribution in [2.45, 2.75) is 46.0 Å². The second kappa shape index (κ2) is 11.4. The molecule has 27 heavy (non-hydrogen) atoms. The monoisotopic (exact) mass is 386 g/mol. The molecule has 0 bridgehead atoms. The van der Waals surface area contributed by atoms with E-state index in [-0.39, 0.29) is 12.4 Å². The smallest absolute Gasteiger partial charge is 0.0367 e. The molecule has 0 radical (unpaired) electrons. The van der Waals surface area contributed by atoms with Crippen molar-refractivity contribution in [3.63, 3.8) is 0 Å². The summed E-state index contributed by atoms with van der Waals surface area (Å²) in [6.07, 6.45) is 6.38. The summed E-state index contributed by atoms with van der Waals surface area (Å²) in [6, 6.07) is 17.9. The third-order valence-corrected chi connectivity index (χ3v) is 5.67. The van der Waals surface area contributed by atoms with Gasteiger partial charge in [-0.2, -0.15) is 0 Å². The van der Waals surface area contributed by atoms with Crippen molar-refractivity contribution < 1.29 is 0 Å². The van der Waals surface area contributed by atoms with E-state index < -0.39 is 0 Å². The normalized spacial score (nSPS) is 14.8. The predicted octanol–water partition coefficient (Wildman–Crippen LogP) is 5.51.